The first kappa shape index (κ1) is 16.8. The van der Waals surface area contributed by atoms with E-state index < -0.39 is 29.4 Å². The summed E-state index contributed by atoms with van der Waals surface area (Å²) in [5, 5.41) is 12.3. The molecule has 0 spiro atoms. The van der Waals surface area contributed by atoms with E-state index in [1.54, 1.807) is 13.0 Å². The summed E-state index contributed by atoms with van der Waals surface area (Å²) in [5.41, 5.74) is -0.278. The maximum atomic E-state index is 12.3. The number of carboxylic acid groups (broad SMARTS) is 1. The highest BCUT2D eigenvalue weighted by Gasteiger charge is 2.53. The summed E-state index contributed by atoms with van der Waals surface area (Å²) in [6.07, 6.45) is 0.148. The number of aliphatic carboxylic acids is 1. The molecular weight excluding hydrogens is 354 g/mol. The minimum absolute atomic E-state index is 0.148. The lowest BCUT2D eigenvalue weighted by atomic mass is 9.78. The maximum Gasteiger partial charge on any atom is 0.320 e. The Morgan fingerprint density at radius 3 is 2.64 bits per heavy atom. The topological polar surface area (TPSA) is 84.9 Å². The second kappa shape index (κ2) is 6.26. The molecule has 1 aromatic carbocycles. The number of carbonyl (C=O) groups excluding carboxylic acids is 1. The van der Waals surface area contributed by atoms with E-state index in [0.29, 0.717) is 11.3 Å². The lowest BCUT2D eigenvalue weighted by molar-refractivity contribution is -0.152. The summed E-state index contributed by atoms with van der Waals surface area (Å²) in [6, 6.07) is 4.07. The molecule has 7 heteroatoms. The van der Waals surface area contributed by atoms with Gasteiger partial charge in [-0.1, -0.05) is 15.9 Å². The first-order chi connectivity index (χ1) is 10.3. The molecule has 0 bridgehead atoms. The molecule has 2 N–H and O–H groups in total. The highest BCUT2D eigenvalue weighted by molar-refractivity contribution is 9.10. The van der Waals surface area contributed by atoms with Crippen LogP contribution in [0.15, 0.2) is 22.7 Å². The van der Waals surface area contributed by atoms with Crippen LogP contribution in [-0.4, -0.2) is 37.3 Å². The molecule has 22 heavy (non-hydrogen) atoms. The standard InChI is InChI=1S/C15H18BrNO5/c1-15(14(20)22-3)7-10(13(18)19)17-12(15)9-6-8(16)4-5-11(9)21-2/h4-6,10,12,17H,7H2,1-3H3,(H,18,19). The van der Waals surface area contributed by atoms with E-state index >= 15 is 0 Å². The molecule has 0 amide bonds. The van der Waals surface area contributed by atoms with Crippen LogP contribution in [0.3, 0.4) is 0 Å². The zero-order valence-corrected chi connectivity index (χ0v) is 14.1. The van der Waals surface area contributed by atoms with E-state index in [0.717, 1.165) is 4.47 Å². The van der Waals surface area contributed by atoms with Gasteiger partial charge in [0.15, 0.2) is 0 Å². The van der Waals surface area contributed by atoms with Crippen molar-refractivity contribution in [2.45, 2.75) is 25.4 Å². The number of benzene rings is 1. The quantitative estimate of drug-likeness (QED) is 0.788. The van der Waals surface area contributed by atoms with E-state index in [2.05, 4.69) is 21.2 Å². The van der Waals surface area contributed by atoms with E-state index in [9.17, 15) is 14.7 Å². The molecule has 1 aliphatic heterocycles. The van der Waals surface area contributed by atoms with Gasteiger partial charge in [0.2, 0.25) is 0 Å². The van der Waals surface area contributed by atoms with Crippen LogP contribution < -0.4 is 10.1 Å². The molecule has 1 heterocycles. The van der Waals surface area contributed by atoms with Crippen molar-refractivity contribution in [2.24, 2.45) is 5.41 Å². The second-order valence-corrected chi connectivity index (χ2v) is 6.41. The van der Waals surface area contributed by atoms with E-state index in [1.165, 1.54) is 14.2 Å². The Kier molecular flexibility index (Phi) is 4.77. The van der Waals surface area contributed by atoms with Crippen molar-refractivity contribution in [1.82, 2.24) is 5.32 Å². The van der Waals surface area contributed by atoms with Crippen LogP contribution in [0.4, 0.5) is 0 Å². The van der Waals surface area contributed by atoms with Crippen LogP contribution >= 0.6 is 15.9 Å². The molecule has 1 aliphatic rings. The Bertz CT molecular complexity index is 606. The summed E-state index contributed by atoms with van der Waals surface area (Å²) in [7, 11) is 2.84. The van der Waals surface area contributed by atoms with Gasteiger partial charge in [-0.25, -0.2) is 0 Å². The number of carbonyl (C=O) groups is 2. The third kappa shape index (κ3) is 2.83. The number of halogens is 1. The van der Waals surface area contributed by atoms with Crippen LogP contribution in [0, 0.1) is 5.41 Å². The molecule has 1 saturated heterocycles. The minimum Gasteiger partial charge on any atom is -0.496 e. The second-order valence-electron chi connectivity index (χ2n) is 5.49. The van der Waals surface area contributed by atoms with Crippen molar-refractivity contribution in [3.8, 4) is 5.75 Å². The van der Waals surface area contributed by atoms with Crippen LogP contribution in [-0.2, 0) is 14.3 Å². The predicted molar refractivity (Wildman–Crippen MR) is 82.7 cm³/mol. The number of esters is 1. The number of rotatable bonds is 4. The summed E-state index contributed by atoms with van der Waals surface area (Å²) >= 11 is 3.39. The number of carboxylic acids is 1. The van der Waals surface area contributed by atoms with Crippen molar-refractivity contribution in [2.75, 3.05) is 14.2 Å². The third-order valence-corrected chi connectivity index (χ3v) is 4.58. The Balaban J connectivity index is 2.52. The molecule has 0 saturated carbocycles. The number of hydrogen-bond donors (Lipinski definition) is 2. The molecule has 0 aromatic heterocycles. The van der Waals surface area contributed by atoms with Crippen molar-refractivity contribution < 1.29 is 24.2 Å². The average Bonchev–Trinajstić information content (AvgIpc) is 2.85. The molecule has 1 fully saturated rings. The number of ether oxygens (including phenoxy) is 2. The largest absolute Gasteiger partial charge is 0.496 e. The molecule has 6 nitrogen and oxygen atoms in total. The lowest BCUT2D eigenvalue weighted by Gasteiger charge is -2.29. The van der Waals surface area contributed by atoms with Gasteiger partial charge in [-0.3, -0.25) is 14.9 Å². The minimum atomic E-state index is -0.994. The first-order valence-corrected chi connectivity index (χ1v) is 7.53. The average molecular weight is 372 g/mol. The molecule has 3 atom stereocenters. The third-order valence-electron chi connectivity index (χ3n) is 4.09. The number of nitrogens with one attached hydrogen (secondary N) is 1. The van der Waals surface area contributed by atoms with Gasteiger partial charge in [-0.15, -0.1) is 0 Å². The highest BCUT2D eigenvalue weighted by Crippen LogP contribution is 2.47. The Hall–Kier alpha value is -1.60. The molecule has 2 rings (SSSR count). The van der Waals surface area contributed by atoms with Crippen molar-refractivity contribution in [1.29, 1.82) is 0 Å². The summed E-state index contributed by atoms with van der Waals surface area (Å²) in [4.78, 5) is 23.6. The Labute approximate surface area is 136 Å². The van der Waals surface area contributed by atoms with Gasteiger partial charge >= 0.3 is 11.9 Å². The monoisotopic (exact) mass is 371 g/mol. The summed E-state index contributed by atoms with van der Waals surface area (Å²) in [6.45, 7) is 1.71. The SMILES string of the molecule is COC(=O)C1(C)CC(C(=O)O)NC1c1cc(Br)ccc1OC. The van der Waals surface area contributed by atoms with Gasteiger partial charge in [-0.2, -0.15) is 0 Å². The van der Waals surface area contributed by atoms with Gasteiger partial charge in [0.25, 0.3) is 0 Å². The smallest absolute Gasteiger partial charge is 0.320 e. The van der Waals surface area contributed by atoms with E-state index in [4.69, 9.17) is 9.47 Å². The zero-order valence-electron chi connectivity index (χ0n) is 12.6. The van der Waals surface area contributed by atoms with Crippen LogP contribution in [0.1, 0.15) is 24.9 Å². The van der Waals surface area contributed by atoms with E-state index in [-0.39, 0.29) is 6.42 Å². The van der Waals surface area contributed by atoms with Crippen LogP contribution in [0.5, 0.6) is 5.75 Å². The predicted octanol–water partition coefficient (Wildman–Crippen LogP) is 2.12. The fourth-order valence-electron chi connectivity index (χ4n) is 2.94. The van der Waals surface area contributed by atoms with Gasteiger partial charge in [0.1, 0.15) is 11.8 Å². The van der Waals surface area contributed by atoms with Crippen LogP contribution in [0.2, 0.25) is 0 Å². The lowest BCUT2D eigenvalue weighted by Crippen LogP contribution is -2.35. The van der Waals surface area contributed by atoms with Gasteiger partial charge in [0, 0.05) is 10.0 Å². The van der Waals surface area contributed by atoms with Crippen molar-refractivity contribution >= 4 is 27.9 Å². The fraction of sp³-hybridized carbons (Fsp3) is 0.467. The number of methoxy groups -OCH3 is 2. The van der Waals surface area contributed by atoms with Gasteiger partial charge < -0.3 is 14.6 Å². The van der Waals surface area contributed by atoms with Crippen LogP contribution in [0.25, 0.3) is 0 Å². The molecule has 0 aliphatic carbocycles. The number of hydrogen-bond acceptors (Lipinski definition) is 5. The normalized spacial score (nSPS) is 27.5. The van der Waals surface area contributed by atoms with E-state index in [1.807, 2.05) is 12.1 Å². The van der Waals surface area contributed by atoms with Crippen molar-refractivity contribution in [3.63, 3.8) is 0 Å². The summed E-state index contributed by atoms with van der Waals surface area (Å²) in [5.74, 6) is -0.857. The highest BCUT2D eigenvalue weighted by atomic mass is 79.9. The first-order valence-electron chi connectivity index (χ1n) is 6.74. The van der Waals surface area contributed by atoms with Gasteiger partial charge in [0.05, 0.1) is 25.7 Å². The zero-order chi connectivity index (χ0) is 16.5. The molecule has 120 valence electrons. The Morgan fingerprint density at radius 2 is 2.09 bits per heavy atom. The summed E-state index contributed by atoms with van der Waals surface area (Å²) < 4.78 is 11.1. The molecule has 0 radical (unpaired) electrons. The molecule has 3 unspecified atom stereocenters. The van der Waals surface area contributed by atoms with Gasteiger partial charge in [-0.05, 0) is 31.5 Å². The molecule has 1 aromatic rings. The maximum absolute atomic E-state index is 12.3. The molecular formula is C15H18BrNO5. The Morgan fingerprint density at radius 1 is 1.41 bits per heavy atom. The fourth-order valence-corrected chi connectivity index (χ4v) is 3.32. The van der Waals surface area contributed by atoms with Crippen molar-refractivity contribution in [3.05, 3.63) is 28.2 Å².